The first-order valence-electron chi connectivity index (χ1n) is 5.97. The summed E-state index contributed by atoms with van der Waals surface area (Å²) < 4.78 is 16.9. The molecule has 1 aromatic carbocycles. The summed E-state index contributed by atoms with van der Waals surface area (Å²) in [7, 11) is 0. The standard InChI is InChI=1S/C13H10FNO6/c14-21-13(19)9-6-8(10(16)15-11(9)17)12(18)20-7-4-2-1-3-5-7/h1-5,8-9H,6H2,(H,15,16,17). The quantitative estimate of drug-likeness (QED) is 0.372. The molecule has 1 fully saturated rings. The fourth-order valence-corrected chi connectivity index (χ4v) is 1.88. The molecule has 110 valence electrons. The zero-order chi connectivity index (χ0) is 15.4. The first-order chi connectivity index (χ1) is 10.0. The summed E-state index contributed by atoms with van der Waals surface area (Å²) >= 11 is 0. The third kappa shape index (κ3) is 3.22. The van der Waals surface area contributed by atoms with Gasteiger partial charge in [0.1, 0.15) is 17.6 Å². The van der Waals surface area contributed by atoms with E-state index >= 15 is 0 Å². The third-order valence-electron chi connectivity index (χ3n) is 2.96. The van der Waals surface area contributed by atoms with Crippen molar-refractivity contribution in [2.75, 3.05) is 0 Å². The molecule has 1 N–H and O–H groups in total. The molecule has 7 nitrogen and oxygen atoms in total. The lowest BCUT2D eigenvalue weighted by molar-refractivity contribution is -0.191. The largest absolute Gasteiger partial charge is 0.426 e. The van der Waals surface area contributed by atoms with E-state index in [2.05, 4.69) is 4.94 Å². The Kier molecular flexibility index (Phi) is 4.27. The number of halogens is 1. The number of esters is 1. The molecule has 21 heavy (non-hydrogen) atoms. The molecule has 8 heteroatoms. The SMILES string of the molecule is O=C1NC(=O)C(C(=O)Oc2ccccc2)CC1C(=O)OF. The van der Waals surface area contributed by atoms with E-state index in [0.29, 0.717) is 0 Å². The molecule has 1 saturated heterocycles. The summed E-state index contributed by atoms with van der Waals surface area (Å²) in [5, 5.41) is 1.82. The first-order valence-corrected chi connectivity index (χ1v) is 5.97. The van der Waals surface area contributed by atoms with Crippen LogP contribution in [0.1, 0.15) is 6.42 Å². The van der Waals surface area contributed by atoms with Gasteiger partial charge in [-0.25, -0.2) is 4.79 Å². The Morgan fingerprint density at radius 3 is 2.19 bits per heavy atom. The molecule has 0 saturated carbocycles. The summed E-state index contributed by atoms with van der Waals surface area (Å²) in [6.07, 6.45) is -0.501. The Bertz CT molecular complexity index is 588. The zero-order valence-electron chi connectivity index (χ0n) is 10.6. The maximum Gasteiger partial charge on any atom is 0.361 e. The molecular formula is C13H10FNO6. The highest BCUT2D eigenvalue weighted by molar-refractivity contribution is 6.13. The van der Waals surface area contributed by atoms with Gasteiger partial charge in [0.25, 0.3) is 0 Å². The highest BCUT2D eigenvalue weighted by Gasteiger charge is 2.44. The van der Waals surface area contributed by atoms with Crippen LogP contribution in [0, 0.1) is 11.8 Å². The zero-order valence-corrected chi connectivity index (χ0v) is 10.6. The smallest absolute Gasteiger partial charge is 0.361 e. The molecule has 0 aromatic heterocycles. The lowest BCUT2D eigenvalue weighted by Gasteiger charge is -2.23. The lowest BCUT2D eigenvalue weighted by atomic mass is 9.89. The Labute approximate surface area is 117 Å². The second-order valence-electron chi connectivity index (χ2n) is 4.32. The molecule has 2 unspecified atom stereocenters. The number of hydrogen-bond acceptors (Lipinski definition) is 6. The molecule has 0 spiro atoms. The molecule has 0 bridgehead atoms. The van der Waals surface area contributed by atoms with Crippen molar-refractivity contribution in [2.24, 2.45) is 11.8 Å². The van der Waals surface area contributed by atoms with E-state index in [1.807, 2.05) is 5.32 Å². The van der Waals surface area contributed by atoms with Crippen LogP contribution >= 0.6 is 0 Å². The molecule has 1 aromatic rings. The normalized spacial score (nSPS) is 21.4. The number of benzene rings is 1. The van der Waals surface area contributed by atoms with Crippen LogP contribution in [0.25, 0.3) is 0 Å². The number of carbonyl (C=O) groups is 4. The van der Waals surface area contributed by atoms with Crippen molar-refractivity contribution >= 4 is 23.8 Å². The summed E-state index contributed by atoms with van der Waals surface area (Å²) in [6, 6.07) is 7.94. The second-order valence-corrected chi connectivity index (χ2v) is 4.32. The molecular weight excluding hydrogens is 285 g/mol. The summed E-state index contributed by atoms with van der Waals surface area (Å²) in [5.74, 6) is -7.07. The Morgan fingerprint density at radius 1 is 1.05 bits per heavy atom. The number of piperidine rings is 1. The molecule has 2 atom stereocenters. The molecule has 1 aliphatic heterocycles. The Balaban J connectivity index is 2.10. The van der Waals surface area contributed by atoms with Crippen molar-refractivity contribution in [2.45, 2.75) is 6.42 Å². The molecule has 1 heterocycles. The van der Waals surface area contributed by atoms with E-state index < -0.39 is 42.0 Å². The van der Waals surface area contributed by atoms with Crippen molar-refractivity contribution in [1.29, 1.82) is 0 Å². The number of nitrogens with one attached hydrogen (secondary N) is 1. The van der Waals surface area contributed by atoms with Crippen LogP contribution in [0.5, 0.6) is 5.75 Å². The molecule has 2 amide bonds. The van der Waals surface area contributed by atoms with Gasteiger partial charge >= 0.3 is 11.9 Å². The Morgan fingerprint density at radius 2 is 1.62 bits per heavy atom. The topological polar surface area (TPSA) is 98.8 Å². The number of rotatable bonds is 3. The molecule has 0 radical (unpaired) electrons. The fraction of sp³-hybridized carbons (Fsp3) is 0.231. The third-order valence-corrected chi connectivity index (χ3v) is 2.96. The fourth-order valence-electron chi connectivity index (χ4n) is 1.88. The van der Waals surface area contributed by atoms with Crippen LogP contribution in [-0.4, -0.2) is 23.8 Å². The van der Waals surface area contributed by atoms with Crippen LogP contribution in [0.4, 0.5) is 4.53 Å². The summed E-state index contributed by atoms with van der Waals surface area (Å²) in [4.78, 5) is 49.0. The Hall–Kier alpha value is -2.77. The minimum atomic E-state index is -1.57. The minimum Gasteiger partial charge on any atom is -0.426 e. The van der Waals surface area contributed by atoms with Crippen LogP contribution in [0.3, 0.4) is 0 Å². The minimum absolute atomic E-state index is 0.205. The van der Waals surface area contributed by atoms with Gasteiger partial charge in [-0.3, -0.25) is 24.6 Å². The van der Waals surface area contributed by atoms with Crippen LogP contribution in [0.15, 0.2) is 30.3 Å². The monoisotopic (exact) mass is 295 g/mol. The number of ether oxygens (including phenoxy) is 1. The van der Waals surface area contributed by atoms with Gasteiger partial charge in [-0.1, -0.05) is 18.2 Å². The van der Waals surface area contributed by atoms with Crippen LogP contribution in [0.2, 0.25) is 0 Å². The van der Waals surface area contributed by atoms with E-state index in [0.717, 1.165) is 0 Å². The van der Waals surface area contributed by atoms with Gasteiger partial charge in [0.2, 0.25) is 11.8 Å². The summed E-state index contributed by atoms with van der Waals surface area (Å²) in [5.41, 5.74) is 0. The van der Waals surface area contributed by atoms with Crippen LogP contribution in [-0.2, 0) is 24.1 Å². The van der Waals surface area contributed by atoms with E-state index in [1.54, 1.807) is 18.2 Å². The van der Waals surface area contributed by atoms with Gasteiger partial charge in [0.05, 0.1) is 0 Å². The van der Waals surface area contributed by atoms with E-state index in [1.165, 1.54) is 12.1 Å². The van der Waals surface area contributed by atoms with E-state index in [4.69, 9.17) is 4.74 Å². The van der Waals surface area contributed by atoms with Crippen molar-refractivity contribution in [3.63, 3.8) is 0 Å². The number of amides is 2. The van der Waals surface area contributed by atoms with Gasteiger partial charge in [0.15, 0.2) is 0 Å². The number of imide groups is 1. The van der Waals surface area contributed by atoms with Crippen molar-refractivity contribution in [3.8, 4) is 5.75 Å². The molecule has 1 aliphatic rings. The van der Waals surface area contributed by atoms with Crippen LogP contribution < -0.4 is 10.1 Å². The predicted octanol–water partition coefficient (Wildman–Crippen LogP) is 0.299. The highest BCUT2D eigenvalue weighted by Crippen LogP contribution is 2.22. The van der Waals surface area contributed by atoms with Gasteiger partial charge in [-0.15, -0.1) is 0 Å². The summed E-state index contributed by atoms with van der Waals surface area (Å²) in [6.45, 7) is 0. The van der Waals surface area contributed by atoms with Gasteiger partial charge < -0.3 is 4.74 Å². The lowest BCUT2D eigenvalue weighted by Crippen LogP contribution is -2.51. The average molecular weight is 295 g/mol. The first kappa shape index (κ1) is 14.6. The van der Waals surface area contributed by atoms with Crippen molar-refractivity contribution in [3.05, 3.63) is 30.3 Å². The average Bonchev–Trinajstić information content (AvgIpc) is 2.47. The van der Waals surface area contributed by atoms with E-state index in [-0.39, 0.29) is 5.75 Å². The van der Waals surface area contributed by atoms with Gasteiger partial charge in [-0.05, 0) is 18.6 Å². The van der Waals surface area contributed by atoms with Crippen molar-refractivity contribution < 1.29 is 33.4 Å². The maximum atomic E-state index is 11.9. The number of hydrogen-bond donors (Lipinski definition) is 1. The van der Waals surface area contributed by atoms with Gasteiger partial charge in [-0.2, -0.15) is 0 Å². The number of carbonyl (C=O) groups excluding carboxylic acids is 4. The second kappa shape index (κ2) is 6.12. The molecule has 0 aliphatic carbocycles. The van der Waals surface area contributed by atoms with Gasteiger partial charge in [0, 0.05) is 4.53 Å². The number of para-hydroxylation sites is 1. The highest BCUT2D eigenvalue weighted by atomic mass is 19.3. The predicted molar refractivity (Wildman–Crippen MR) is 64.0 cm³/mol. The van der Waals surface area contributed by atoms with Crippen molar-refractivity contribution in [1.82, 2.24) is 5.32 Å². The van der Waals surface area contributed by atoms with E-state index in [9.17, 15) is 23.7 Å². The maximum absolute atomic E-state index is 11.9. The molecule has 2 rings (SSSR count).